The van der Waals surface area contributed by atoms with Crippen molar-refractivity contribution in [2.24, 2.45) is 5.16 Å². The molecule has 0 aromatic rings. The highest BCUT2D eigenvalue weighted by atomic mass is 32.2. The number of ether oxygens (including phenoxy) is 1. The normalized spacial score (nSPS) is 22.7. The Morgan fingerprint density at radius 3 is 2.53 bits per heavy atom. The molecular formula is C9H17NO4S. The summed E-state index contributed by atoms with van der Waals surface area (Å²) in [5.41, 5.74) is 0.804. The van der Waals surface area contributed by atoms with Gasteiger partial charge in [0.1, 0.15) is 9.84 Å². The number of hydrogen-bond donors (Lipinski definition) is 1. The van der Waals surface area contributed by atoms with E-state index in [2.05, 4.69) is 5.16 Å². The molecule has 5 nitrogen and oxygen atoms in total. The van der Waals surface area contributed by atoms with Crippen molar-refractivity contribution in [3.05, 3.63) is 0 Å². The van der Waals surface area contributed by atoms with Crippen LogP contribution in [0.3, 0.4) is 0 Å². The number of rotatable bonds is 4. The summed E-state index contributed by atoms with van der Waals surface area (Å²) in [6.07, 6.45) is 4.40. The molecule has 0 heterocycles. The van der Waals surface area contributed by atoms with Crippen molar-refractivity contribution in [3.8, 4) is 0 Å². The van der Waals surface area contributed by atoms with Gasteiger partial charge >= 0.3 is 0 Å². The van der Waals surface area contributed by atoms with E-state index in [0.717, 1.165) is 31.4 Å². The maximum absolute atomic E-state index is 10.8. The van der Waals surface area contributed by atoms with Crippen molar-refractivity contribution in [1.82, 2.24) is 0 Å². The molecule has 0 spiro atoms. The van der Waals surface area contributed by atoms with Crippen LogP contribution < -0.4 is 0 Å². The molecule has 1 aliphatic rings. The summed E-state index contributed by atoms with van der Waals surface area (Å²) in [6.45, 7) is 0.259. The van der Waals surface area contributed by atoms with E-state index in [9.17, 15) is 8.42 Å². The van der Waals surface area contributed by atoms with Gasteiger partial charge in [0.25, 0.3) is 0 Å². The molecule has 1 fully saturated rings. The number of nitrogens with zero attached hydrogens (tertiary/aromatic N) is 1. The molecule has 0 aromatic carbocycles. The standard InChI is InChI=1S/C9H17NO4S/c1-15(12,13)7-6-14-9-4-2-8(10-11)3-5-9/h9,11H,2-7H2,1H3. The fraction of sp³-hybridized carbons (Fsp3) is 0.889. The topological polar surface area (TPSA) is 76.0 Å². The molecule has 0 radical (unpaired) electrons. The van der Waals surface area contributed by atoms with Crippen LogP contribution in [-0.2, 0) is 14.6 Å². The van der Waals surface area contributed by atoms with Crippen LogP contribution >= 0.6 is 0 Å². The van der Waals surface area contributed by atoms with Crippen molar-refractivity contribution in [3.63, 3.8) is 0 Å². The second-order valence-corrected chi connectivity index (χ2v) is 6.13. The number of hydrogen-bond acceptors (Lipinski definition) is 5. The second kappa shape index (κ2) is 5.46. The maximum atomic E-state index is 10.8. The third-order valence-electron chi connectivity index (χ3n) is 2.46. The second-order valence-electron chi connectivity index (χ2n) is 3.87. The van der Waals surface area contributed by atoms with Crippen molar-refractivity contribution in [2.75, 3.05) is 18.6 Å². The quantitative estimate of drug-likeness (QED) is 0.578. The molecule has 88 valence electrons. The lowest BCUT2D eigenvalue weighted by molar-refractivity contribution is 0.0500. The van der Waals surface area contributed by atoms with Crippen LogP contribution in [0, 0.1) is 0 Å². The summed E-state index contributed by atoms with van der Waals surface area (Å²) in [5, 5.41) is 11.7. The fourth-order valence-corrected chi connectivity index (χ4v) is 1.96. The van der Waals surface area contributed by atoms with Crippen molar-refractivity contribution < 1.29 is 18.4 Å². The molecule has 0 aliphatic heterocycles. The molecule has 15 heavy (non-hydrogen) atoms. The van der Waals surface area contributed by atoms with Gasteiger partial charge in [-0.2, -0.15) is 0 Å². The zero-order chi connectivity index (χ0) is 11.3. The van der Waals surface area contributed by atoms with Gasteiger partial charge in [-0.05, 0) is 25.7 Å². The first-order valence-electron chi connectivity index (χ1n) is 5.00. The fourth-order valence-electron chi connectivity index (χ4n) is 1.56. The molecular weight excluding hydrogens is 218 g/mol. The Labute approximate surface area is 90.0 Å². The summed E-state index contributed by atoms with van der Waals surface area (Å²) >= 11 is 0. The lowest BCUT2D eigenvalue weighted by atomic mass is 9.96. The van der Waals surface area contributed by atoms with Crippen molar-refractivity contribution in [1.29, 1.82) is 0 Å². The van der Waals surface area contributed by atoms with Crippen LogP contribution in [0.4, 0.5) is 0 Å². The van der Waals surface area contributed by atoms with E-state index in [0.29, 0.717) is 0 Å². The lowest BCUT2D eigenvalue weighted by Crippen LogP contribution is -2.24. The largest absolute Gasteiger partial charge is 0.411 e. The SMILES string of the molecule is CS(=O)(=O)CCOC1CCC(=NO)CC1. The molecule has 1 aliphatic carbocycles. The smallest absolute Gasteiger partial charge is 0.149 e. The van der Waals surface area contributed by atoms with E-state index in [1.165, 1.54) is 6.26 Å². The van der Waals surface area contributed by atoms with Crippen LogP contribution in [0.25, 0.3) is 0 Å². The third-order valence-corrected chi connectivity index (χ3v) is 3.37. The zero-order valence-corrected chi connectivity index (χ0v) is 9.66. The summed E-state index contributed by atoms with van der Waals surface area (Å²) in [4.78, 5) is 0. The van der Waals surface area contributed by atoms with Gasteiger partial charge < -0.3 is 9.94 Å². The van der Waals surface area contributed by atoms with Crippen molar-refractivity contribution in [2.45, 2.75) is 31.8 Å². The number of oxime groups is 1. The van der Waals surface area contributed by atoms with Gasteiger partial charge in [0, 0.05) is 6.26 Å². The van der Waals surface area contributed by atoms with Gasteiger partial charge in [-0.15, -0.1) is 0 Å². The van der Waals surface area contributed by atoms with Gasteiger partial charge in [0.15, 0.2) is 0 Å². The highest BCUT2D eigenvalue weighted by Crippen LogP contribution is 2.18. The molecule has 0 amide bonds. The predicted octanol–water partition coefficient (Wildman–Crippen LogP) is 0.820. The van der Waals surface area contributed by atoms with Crippen LogP contribution in [0.1, 0.15) is 25.7 Å². The minimum atomic E-state index is -2.93. The Bertz CT molecular complexity index is 313. The maximum Gasteiger partial charge on any atom is 0.149 e. The van der Waals surface area contributed by atoms with Crippen LogP contribution in [0.5, 0.6) is 0 Å². The Balaban J connectivity index is 2.19. The molecule has 0 aromatic heterocycles. The Kier molecular flexibility index (Phi) is 4.53. The Morgan fingerprint density at radius 1 is 1.47 bits per heavy atom. The minimum absolute atomic E-state index is 0.0739. The minimum Gasteiger partial charge on any atom is -0.411 e. The first-order valence-corrected chi connectivity index (χ1v) is 7.06. The lowest BCUT2D eigenvalue weighted by Gasteiger charge is -2.22. The first-order chi connectivity index (χ1) is 7.01. The first kappa shape index (κ1) is 12.4. The van der Waals surface area contributed by atoms with E-state index in [1.54, 1.807) is 0 Å². The Hall–Kier alpha value is -0.620. The zero-order valence-electron chi connectivity index (χ0n) is 8.85. The monoisotopic (exact) mass is 235 g/mol. The van der Waals surface area contributed by atoms with E-state index in [1.807, 2.05) is 0 Å². The van der Waals surface area contributed by atoms with Crippen LogP contribution in [-0.4, -0.2) is 44.1 Å². The van der Waals surface area contributed by atoms with E-state index >= 15 is 0 Å². The molecule has 0 atom stereocenters. The highest BCUT2D eigenvalue weighted by molar-refractivity contribution is 7.90. The average Bonchev–Trinajstić information content (AvgIpc) is 2.17. The molecule has 1 saturated carbocycles. The summed E-state index contributed by atoms with van der Waals surface area (Å²) < 4.78 is 27.1. The van der Waals surface area contributed by atoms with E-state index in [4.69, 9.17) is 9.94 Å². The number of sulfone groups is 1. The predicted molar refractivity (Wildman–Crippen MR) is 57.1 cm³/mol. The van der Waals surface area contributed by atoms with E-state index in [-0.39, 0.29) is 18.5 Å². The third kappa shape index (κ3) is 5.13. The van der Waals surface area contributed by atoms with Crippen LogP contribution in [0.2, 0.25) is 0 Å². The summed E-state index contributed by atoms with van der Waals surface area (Å²) in [6, 6.07) is 0. The Morgan fingerprint density at radius 2 is 2.07 bits per heavy atom. The molecule has 6 heteroatoms. The van der Waals surface area contributed by atoms with E-state index < -0.39 is 9.84 Å². The molecule has 0 bridgehead atoms. The molecule has 0 unspecified atom stereocenters. The van der Waals surface area contributed by atoms with Gasteiger partial charge in [0.05, 0.1) is 24.2 Å². The highest BCUT2D eigenvalue weighted by Gasteiger charge is 2.18. The average molecular weight is 235 g/mol. The van der Waals surface area contributed by atoms with Gasteiger partial charge in [-0.25, -0.2) is 8.42 Å². The van der Waals surface area contributed by atoms with Gasteiger partial charge in [0.2, 0.25) is 0 Å². The summed E-state index contributed by atoms with van der Waals surface area (Å²) in [7, 11) is -2.93. The molecule has 0 saturated heterocycles. The van der Waals surface area contributed by atoms with Gasteiger partial charge in [-0.1, -0.05) is 5.16 Å². The molecule has 1 N–H and O–H groups in total. The summed E-state index contributed by atoms with van der Waals surface area (Å²) in [5.74, 6) is 0.0739. The van der Waals surface area contributed by atoms with Crippen molar-refractivity contribution >= 4 is 15.5 Å². The molecule has 1 rings (SSSR count). The van der Waals surface area contributed by atoms with Gasteiger partial charge in [-0.3, -0.25) is 0 Å². The van der Waals surface area contributed by atoms with Crippen LogP contribution in [0.15, 0.2) is 5.16 Å².